The first-order valence-electron chi connectivity index (χ1n) is 6.49. The van der Waals surface area contributed by atoms with Crippen LogP contribution in [0.2, 0.25) is 0 Å². The van der Waals surface area contributed by atoms with Crippen LogP contribution in [-0.2, 0) is 20.9 Å². The van der Waals surface area contributed by atoms with Crippen LogP contribution >= 0.6 is 0 Å². The average Bonchev–Trinajstić information content (AvgIpc) is 2.43. The highest BCUT2D eigenvalue weighted by molar-refractivity contribution is 6.00. The number of nitrogens with zero attached hydrogens (tertiary/aromatic N) is 1. The van der Waals surface area contributed by atoms with Gasteiger partial charge in [0, 0.05) is 25.6 Å². The molecule has 0 bridgehead atoms. The second-order valence-electron chi connectivity index (χ2n) is 5.06. The number of Topliss-reactive ketones (excluding diaryl/α,β-unsaturated/α-hetero) is 1. The predicted molar refractivity (Wildman–Crippen MR) is 71.4 cm³/mol. The van der Waals surface area contributed by atoms with Gasteiger partial charge in [0.25, 0.3) is 0 Å². The lowest BCUT2D eigenvalue weighted by atomic mass is 9.88. The third-order valence-corrected chi connectivity index (χ3v) is 3.54. The largest absolute Gasteiger partial charge is 0.468 e. The van der Waals surface area contributed by atoms with Crippen LogP contribution in [0.15, 0.2) is 30.3 Å². The van der Waals surface area contributed by atoms with Crippen LogP contribution in [-0.4, -0.2) is 36.9 Å². The van der Waals surface area contributed by atoms with Crippen LogP contribution in [0.5, 0.6) is 0 Å². The van der Waals surface area contributed by atoms with E-state index in [9.17, 15) is 9.59 Å². The molecule has 19 heavy (non-hydrogen) atoms. The zero-order valence-electron chi connectivity index (χ0n) is 11.3. The van der Waals surface area contributed by atoms with E-state index in [2.05, 4.69) is 4.90 Å². The van der Waals surface area contributed by atoms with Gasteiger partial charge in [-0.15, -0.1) is 0 Å². The zero-order chi connectivity index (χ0) is 13.8. The van der Waals surface area contributed by atoms with Crippen LogP contribution in [0.3, 0.4) is 0 Å². The third kappa shape index (κ3) is 3.20. The number of esters is 1. The maximum atomic E-state index is 12.0. The van der Waals surface area contributed by atoms with Crippen LogP contribution in [0.1, 0.15) is 12.5 Å². The second kappa shape index (κ2) is 5.97. The van der Waals surface area contributed by atoms with E-state index in [1.807, 2.05) is 37.3 Å². The minimum atomic E-state index is -0.641. The van der Waals surface area contributed by atoms with Gasteiger partial charge in [-0.25, -0.2) is 0 Å². The molecule has 2 rings (SSSR count). The number of carbonyl (C=O) groups is 2. The summed E-state index contributed by atoms with van der Waals surface area (Å²) in [5.41, 5.74) is 1.19. The minimum absolute atomic E-state index is 0.00355. The summed E-state index contributed by atoms with van der Waals surface area (Å²) in [6.07, 6.45) is 0. The molecule has 0 radical (unpaired) electrons. The highest BCUT2D eigenvalue weighted by Gasteiger charge is 2.37. The predicted octanol–water partition coefficient (Wildman–Crippen LogP) is 1.50. The Morgan fingerprint density at radius 2 is 2.00 bits per heavy atom. The van der Waals surface area contributed by atoms with Gasteiger partial charge in [-0.05, 0) is 5.56 Å². The van der Waals surface area contributed by atoms with Crippen molar-refractivity contribution in [1.82, 2.24) is 4.90 Å². The first kappa shape index (κ1) is 13.7. The number of ether oxygens (including phenoxy) is 1. The van der Waals surface area contributed by atoms with Gasteiger partial charge >= 0.3 is 5.97 Å². The van der Waals surface area contributed by atoms with Crippen LogP contribution in [0, 0.1) is 11.8 Å². The highest BCUT2D eigenvalue weighted by Crippen LogP contribution is 2.21. The maximum Gasteiger partial charge on any atom is 0.317 e. The molecule has 0 aliphatic carbocycles. The molecule has 4 heteroatoms. The Morgan fingerprint density at radius 3 is 2.63 bits per heavy atom. The number of rotatable bonds is 3. The first-order chi connectivity index (χ1) is 9.11. The molecule has 0 unspecified atom stereocenters. The van der Waals surface area contributed by atoms with E-state index in [1.165, 1.54) is 12.7 Å². The van der Waals surface area contributed by atoms with Crippen LogP contribution < -0.4 is 0 Å². The van der Waals surface area contributed by atoms with Crippen LogP contribution in [0.25, 0.3) is 0 Å². The molecule has 1 heterocycles. The van der Waals surface area contributed by atoms with Crippen LogP contribution in [0.4, 0.5) is 0 Å². The number of hydrogen-bond donors (Lipinski definition) is 0. The van der Waals surface area contributed by atoms with E-state index >= 15 is 0 Å². The summed E-state index contributed by atoms with van der Waals surface area (Å²) in [4.78, 5) is 25.8. The first-order valence-corrected chi connectivity index (χ1v) is 6.49. The third-order valence-electron chi connectivity index (χ3n) is 3.54. The molecule has 1 aliphatic heterocycles. The van der Waals surface area contributed by atoms with E-state index in [1.54, 1.807) is 0 Å². The fraction of sp³-hybridized carbons (Fsp3) is 0.467. The van der Waals surface area contributed by atoms with Gasteiger partial charge in [0.2, 0.25) is 0 Å². The van der Waals surface area contributed by atoms with Crippen molar-refractivity contribution in [1.29, 1.82) is 0 Å². The Kier molecular flexibility index (Phi) is 4.32. The minimum Gasteiger partial charge on any atom is -0.468 e. The summed E-state index contributed by atoms with van der Waals surface area (Å²) in [5.74, 6) is -1.19. The van der Waals surface area contributed by atoms with Gasteiger partial charge in [-0.1, -0.05) is 37.3 Å². The molecule has 4 nitrogen and oxygen atoms in total. The molecule has 1 saturated heterocycles. The number of piperidine rings is 1. The zero-order valence-corrected chi connectivity index (χ0v) is 11.3. The molecule has 1 fully saturated rings. The van der Waals surface area contributed by atoms with Crippen molar-refractivity contribution in [3.05, 3.63) is 35.9 Å². The lowest BCUT2D eigenvalue weighted by Gasteiger charge is -2.34. The topological polar surface area (TPSA) is 46.6 Å². The van der Waals surface area contributed by atoms with Gasteiger partial charge < -0.3 is 4.74 Å². The second-order valence-corrected chi connectivity index (χ2v) is 5.06. The quantitative estimate of drug-likeness (QED) is 0.611. The molecule has 0 amide bonds. The van der Waals surface area contributed by atoms with Crippen molar-refractivity contribution in [2.45, 2.75) is 13.5 Å². The molecule has 2 atom stereocenters. The number of benzene rings is 1. The normalized spacial score (nSPS) is 24.2. The molecular formula is C15H19NO3. The summed E-state index contributed by atoms with van der Waals surface area (Å²) in [5, 5.41) is 0. The molecule has 1 aromatic carbocycles. The Labute approximate surface area is 113 Å². The van der Waals surface area contributed by atoms with Crippen molar-refractivity contribution in [2.75, 3.05) is 20.2 Å². The van der Waals surface area contributed by atoms with Crippen molar-refractivity contribution < 1.29 is 14.3 Å². The van der Waals surface area contributed by atoms with Crippen molar-refractivity contribution in [2.24, 2.45) is 11.8 Å². The standard InChI is InChI=1S/C15H19NO3/c1-11-8-16(9-12-6-4-3-5-7-12)10-13(14(11)17)15(18)19-2/h3-7,11,13H,8-10H2,1-2H3/t11-,13+/m1/s1. The van der Waals surface area contributed by atoms with E-state index < -0.39 is 11.9 Å². The fourth-order valence-electron chi connectivity index (χ4n) is 2.55. The van der Waals surface area contributed by atoms with Gasteiger partial charge in [-0.3, -0.25) is 14.5 Å². The summed E-state index contributed by atoms with van der Waals surface area (Å²) in [6.45, 7) is 3.77. The number of likely N-dealkylation sites (tertiary alicyclic amines) is 1. The molecule has 0 spiro atoms. The molecule has 1 aromatic rings. The number of hydrogen-bond acceptors (Lipinski definition) is 4. The lowest BCUT2D eigenvalue weighted by molar-refractivity contribution is -0.153. The Balaban J connectivity index is 2.07. The average molecular weight is 261 g/mol. The lowest BCUT2D eigenvalue weighted by Crippen LogP contribution is -2.48. The SMILES string of the molecule is COC(=O)[C@H]1CN(Cc2ccccc2)C[C@@H](C)C1=O. The van der Waals surface area contributed by atoms with Crippen molar-refractivity contribution >= 4 is 11.8 Å². The highest BCUT2D eigenvalue weighted by atomic mass is 16.5. The van der Waals surface area contributed by atoms with Gasteiger partial charge in [0.05, 0.1) is 7.11 Å². The summed E-state index contributed by atoms with van der Waals surface area (Å²) >= 11 is 0. The van der Waals surface area contributed by atoms with E-state index in [4.69, 9.17) is 4.74 Å². The van der Waals surface area contributed by atoms with Gasteiger partial charge in [0.15, 0.2) is 5.78 Å². The number of ketones is 1. The van der Waals surface area contributed by atoms with E-state index in [-0.39, 0.29) is 11.7 Å². The molecular weight excluding hydrogens is 242 g/mol. The summed E-state index contributed by atoms with van der Waals surface area (Å²) in [7, 11) is 1.33. The Bertz CT molecular complexity index is 458. The summed E-state index contributed by atoms with van der Waals surface area (Å²) < 4.78 is 4.72. The Hall–Kier alpha value is -1.68. The number of carbonyl (C=O) groups excluding carboxylic acids is 2. The van der Waals surface area contributed by atoms with E-state index in [0.29, 0.717) is 13.1 Å². The smallest absolute Gasteiger partial charge is 0.317 e. The molecule has 0 N–H and O–H groups in total. The molecule has 1 aliphatic rings. The fourth-order valence-corrected chi connectivity index (χ4v) is 2.55. The monoisotopic (exact) mass is 261 g/mol. The Morgan fingerprint density at radius 1 is 1.32 bits per heavy atom. The number of methoxy groups -OCH3 is 1. The van der Waals surface area contributed by atoms with Crippen molar-refractivity contribution in [3.63, 3.8) is 0 Å². The molecule has 0 saturated carbocycles. The van der Waals surface area contributed by atoms with Crippen molar-refractivity contribution in [3.8, 4) is 0 Å². The summed E-state index contributed by atoms with van der Waals surface area (Å²) in [6, 6.07) is 10.1. The van der Waals surface area contributed by atoms with Gasteiger partial charge in [-0.2, -0.15) is 0 Å². The molecule has 102 valence electrons. The molecule has 0 aromatic heterocycles. The van der Waals surface area contributed by atoms with Gasteiger partial charge in [0.1, 0.15) is 5.92 Å². The van der Waals surface area contributed by atoms with E-state index in [0.717, 1.165) is 6.54 Å². The maximum absolute atomic E-state index is 12.0.